The lowest BCUT2D eigenvalue weighted by molar-refractivity contribution is -0.268. The Bertz CT molecular complexity index is 782. The number of nitrogens with zero attached hydrogens (tertiary/aromatic N) is 1. The minimum atomic E-state index is -1.19. The molecule has 1 aliphatic heterocycles. The summed E-state index contributed by atoms with van der Waals surface area (Å²) in [6.07, 6.45) is -0.0593. The van der Waals surface area contributed by atoms with Crippen LogP contribution in [0, 0.1) is 0 Å². The molecule has 1 amide bonds. The molecule has 0 radical (unpaired) electrons. The third kappa shape index (κ3) is 7.24. The van der Waals surface area contributed by atoms with Crippen LogP contribution in [0.3, 0.4) is 0 Å². The molecule has 0 aliphatic carbocycles. The van der Waals surface area contributed by atoms with Crippen molar-refractivity contribution in [1.29, 1.82) is 0 Å². The second-order valence-electron chi connectivity index (χ2n) is 7.55. The van der Waals surface area contributed by atoms with Crippen molar-refractivity contribution in [3.8, 4) is 5.75 Å². The first-order valence-corrected chi connectivity index (χ1v) is 10.7. The smallest absolute Gasteiger partial charge is 0.137 e. The van der Waals surface area contributed by atoms with Gasteiger partial charge in [0.2, 0.25) is 0 Å². The Kier molecular flexibility index (Phi) is 9.15. The van der Waals surface area contributed by atoms with Crippen LogP contribution in [0.2, 0.25) is 0 Å². The number of hydrogen-bond donors (Lipinski definition) is 1. The van der Waals surface area contributed by atoms with Crippen molar-refractivity contribution in [3.63, 3.8) is 0 Å². The van der Waals surface area contributed by atoms with Crippen LogP contribution in [-0.4, -0.2) is 61.7 Å². The van der Waals surface area contributed by atoms with Gasteiger partial charge in [0, 0.05) is 25.4 Å². The van der Waals surface area contributed by atoms with Crippen LogP contribution in [0.5, 0.6) is 5.75 Å². The Morgan fingerprint density at radius 2 is 1.84 bits per heavy atom. The SMILES string of the molecule is O=C([O-])N1CCC(c2ccc(OCCCOCc3ccccc3)cc2)C(OCCO)C1. The lowest BCUT2D eigenvalue weighted by Crippen LogP contribution is -2.51. The van der Waals surface area contributed by atoms with Gasteiger partial charge in [0.05, 0.1) is 39.1 Å². The van der Waals surface area contributed by atoms with Crippen molar-refractivity contribution in [2.75, 3.05) is 39.5 Å². The second kappa shape index (κ2) is 12.3. The van der Waals surface area contributed by atoms with Gasteiger partial charge in [0.15, 0.2) is 0 Å². The fourth-order valence-electron chi connectivity index (χ4n) is 3.76. The first-order valence-electron chi connectivity index (χ1n) is 10.7. The molecule has 0 saturated carbocycles. The number of aliphatic hydroxyl groups is 1. The monoisotopic (exact) mass is 428 g/mol. The zero-order chi connectivity index (χ0) is 21.9. The van der Waals surface area contributed by atoms with Gasteiger partial charge in [-0.1, -0.05) is 42.5 Å². The van der Waals surface area contributed by atoms with Crippen LogP contribution >= 0.6 is 0 Å². The minimum absolute atomic E-state index is 0.0580. The molecule has 0 bridgehead atoms. The molecular formula is C24H30NO6-. The summed E-state index contributed by atoms with van der Waals surface area (Å²) in [6, 6.07) is 17.9. The van der Waals surface area contributed by atoms with Crippen LogP contribution in [0.25, 0.3) is 0 Å². The minimum Gasteiger partial charge on any atom is -0.530 e. The van der Waals surface area contributed by atoms with Crippen molar-refractivity contribution >= 4 is 6.09 Å². The molecule has 1 fully saturated rings. The number of likely N-dealkylation sites (tertiary alicyclic amines) is 1. The van der Waals surface area contributed by atoms with E-state index in [0.29, 0.717) is 32.8 Å². The van der Waals surface area contributed by atoms with Gasteiger partial charge < -0.3 is 34.1 Å². The van der Waals surface area contributed by atoms with E-state index < -0.39 is 6.09 Å². The fourth-order valence-corrected chi connectivity index (χ4v) is 3.76. The molecule has 1 aliphatic rings. The summed E-state index contributed by atoms with van der Waals surface area (Å²) < 4.78 is 17.2. The number of hydrogen-bond acceptors (Lipinski definition) is 6. The van der Waals surface area contributed by atoms with E-state index in [0.717, 1.165) is 23.3 Å². The van der Waals surface area contributed by atoms with E-state index in [1.54, 1.807) is 0 Å². The maximum atomic E-state index is 11.2. The number of benzene rings is 2. The molecule has 3 rings (SSSR count). The van der Waals surface area contributed by atoms with Gasteiger partial charge in [0.25, 0.3) is 0 Å². The van der Waals surface area contributed by atoms with Crippen LogP contribution in [0.4, 0.5) is 4.79 Å². The Morgan fingerprint density at radius 1 is 1.06 bits per heavy atom. The van der Waals surface area contributed by atoms with E-state index in [1.165, 1.54) is 4.90 Å². The molecule has 2 atom stereocenters. The number of piperidine rings is 1. The molecule has 2 aromatic carbocycles. The van der Waals surface area contributed by atoms with Crippen molar-refractivity contribution in [3.05, 3.63) is 65.7 Å². The van der Waals surface area contributed by atoms with Crippen molar-refractivity contribution in [2.24, 2.45) is 0 Å². The van der Waals surface area contributed by atoms with E-state index >= 15 is 0 Å². The molecule has 1 saturated heterocycles. The van der Waals surface area contributed by atoms with E-state index in [-0.39, 0.29) is 31.8 Å². The summed E-state index contributed by atoms with van der Waals surface area (Å²) in [7, 11) is 0. The van der Waals surface area contributed by atoms with E-state index in [1.807, 2.05) is 54.6 Å². The Labute approximate surface area is 183 Å². The second-order valence-corrected chi connectivity index (χ2v) is 7.55. The number of aliphatic hydroxyl groups excluding tert-OH is 1. The molecule has 0 aromatic heterocycles. The summed E-state index contributed by atoms with van der Waals surface area (Å²) in [5, 5.41) is 20.3. The highest BCUT2D eigenvalue weighted by Crippen LogP contribution is 2.31. The zero-order valence-electron chi connectivity index (χ0n) is 17.7. The molecule has 2 unspecified atom stereocenters. The zero-order valence-corrected chi connectivity index (χ0v) is 17.7. The quantitative estimate of drug-likeness (QED) is 0.552. The largest absolute Gasteiger partial charge is 0.530 e. The number of carbonyl (C=O) groups excluding carboxylic acids is 1. The van der Waals surface area contributed by atoms with Gasteiger partial charge in [-0.2, -0.15) is 0 Å². The van der Waals surface area contributed by atoms with Gasteiger partial charge in [0.1, 0.15) is 11.8 Å². The normalized spacial score (nSPS) is 18.7. The summed E-state index contributed by atoms with van der Waals surface area (Å²) in [5.41, 5.74) is 2.23. The van der Waals surface area contributed by atoms with E-state index in [9.17, 15) is 9.90 Å². The average Bonchev–Trinajstić information content (AvgIpc) is 2.81. The summed E-state index contributed by atoms with van der Waals surface area (Å²) in [5.74, 6) is 0.842. The number of carbonyl (C=O) groups is 1. The van der Waals surface area contributed by atoms with Crippen molar-refractivity contribution < 1.29 is 29.2 Å². The highest BCUT2D eigenvalue weighted by molar-refractivity contribution is 5.62. The average molecular weight is 429 g/mol. The predicted molar refractivity (Wildman–Crippen MR) is 114 cm³/mol. The van der Waals surface area contributed by atoms with E-state index in [2.05, 4.69) is 0 Å². The van der Waals surface area contributed by atoms with Crippen LogP contribution in [0.15, 0.2) is 54.6 Å². The molecule has 31 heavy (non-hydrogen) atoms. The third-order valence-electron chi connectivity index (χ3n) is 5.36. The number of amides is 1. The maximum Gasteiger partial charge on any atom is 0.137 e. The van der Waals surface area contributed by atoms with Gasteiger partial charge in [-0.25, -0.2) is 0 Å². The topological polar surface area (TPSA) is 91.3 Å². The van der Waals surface area contributed by atoms with Crippen molar-refractivity contribution in [2.45, 2.75) is 31.5 Å². The molecule has 0 spiro atoms. The first-order chi connectivity index (χ1) is 15.2. The van der Waals surface area contributed by atoms with Gasteiger partial charge in [-0.3, -0.25) is 0 Å². The lowest BCUT2D eigenvalue weighted by atomic mass is 9.87. The van der Waals surface area contributed by atoms with Crippen LogP contribution < -0.4 is 9.84 Å². The third-order valence-corrected chi connectivity index (χ3v) is 5.36. The Morgan fingerprint density at radius 3 is 2.55 bits per heavy atom. The maximum absolute atomic E-state index is 11.2. The highest BCUT2D eigenvalue weighted by Gasteiger charge is 2.31. The van der Waals surface area contributed by atoms with Gasteiger partial charge in [-0.15, -0.1) is 0 Å². The standard InChI is InChI=1S/C24H31NO6/c26-13-16-31-23-17-25(24(27)28)12-11-22(23)20-7-9-21(10-8-20)30-15-4-14-29-18-19-5-2-1-3-6-19/h1-3,5-10,22-23,26H,4,11-18H2,(H,27,28)/p-1. The summed E-state index contributed by atoms with van der Waals surface area (Å²) in [4.78, 5) is 12.4. The fraction of sp³-hybridized carbons (Fsp3) is 0.458. The first kappa shape index (κ1) is 23.1. The molecule has 1 heterocycles. The number of rotatable bonds is 11. The lowest BCUT2D eigenvalue weighted by Gasteiger charge is -2.39. The Hall–Kier alpha value is -2.61. The highest BCUT2D eigenvalue weighted by atomic mass is 16.5. The van der Waals surface area contributed by atoms with Gasteiger partial charge >= 0.3 is 0 Å². The molecule has 168 valence electrons. The number of ether oxygens (including phenoxy) is 3. The molecule has 1 N–H and O–H groups in total. The van der Waals surface area contributed by atoms with Gasteiger partial charge in [-0.05, 0) is 29.7 Å². The van der Waals surface area contributed by atoms with E-state index in [4.69, 9.17) is 19.3 Å². The predicted octanol–water partition coefficient (Wildman–Crippen LogP) is 2.18. The summed E-state index contributed by atoms with van der Waals surface area (Å²) in [6.45, 7) is 2.54. The molecule has 7 nitrogen and oxygen atoms in total. The number of carboxylic acid groups (broad SMARTS) is 1. The molecule has 2 aromatic rings. The Balaban J connectivity index is 1.43. The van der Waals surface area contributed by atoms with Crippen molar-refractivity contribution in [1.82, 2.24) is 4.90 Å². The molecule has 7 heteroatoms. The summed E-state index contributed by atoms with van der Waals surface area (Å²) >= 11 is 0. The molecular weight excluding hydrogens is 398 g/mol. The van der Waals surface area contributed by atoms with Crippen LogP contribution in [-0.2, 0) is 16.1 Å². The van der Waals surface area contributed by atoms with Crippen LogP contribution in [0.1, 0.15) is 29.9 Å².